The highest BCUT2D eigenvalue weighted by atomic mass is 19.1. The number of fused-ring (bicyclic) bond motifs is 1. The van der Waals surface area contributed by atoms with Crippen molar-refractivity contribution in [3.8, 4) is 11.1 Å². The van der Waals surface area contributed by atoms with Crippen LogP contribution in [0, 0.1) is 29.1 Å². The predicted octanol–water partition coefficient (Wildman–Crippen LogP) is 8.27. The maximum Gasteiger partial charge on any atom is 0.137 e. The van der Waals surface area contributed by atoms with E-state index < -0.39 is 29.1 Å². The summed E-state index contributed by atoms with van der Waals surface area (Å²) >= 11 is 0. The van der Waals surface area contributed by atoms with E-state index in [-0.39, 0.29) is 40.7 Å². The molecular formula is C27H23F5. The Morgan fingerprint density at radius 1 is 0.750 bits per heavy atom. The van der Waals surface area contributed by atoms with E-state index >= 15 is 4.39 Å². The normalized spacial score (nSPS) is 13.1. The van der Waals surface area contributed by atoms with E-state index in [1.807, 2.05) is 0 Å². The molecule has 5 heteroatoms. The number of benzene rings is 3. The molecule has 0 bridgehead atoms. The standard InChI is InChI=1S/C27H23F5/c1-2-3-4-5-16-12-22(29)25(23(30)13-16)18-8-11-21-19(14-18)15-24(31)26(27(21)32)17-6-9-20(28)10-7-17/h6-7,9-10,12-15H,2-5,8,11H2,1H3. The first-order chi connectivity index (χ1) is 15.4. The first-order valence-corrected chi connectivity index (χ1v) is 10.8. The monoisotopic (exact) mass is 442 g/mol. The SMILES string of the molecule is CCCCCc1cc(F)c(C2=Cc3cc(F)c(-c4ccc(F)cc4)c(F)c3CC2)c(F)c1. The van der Waals surface area contributed by atoms with Gasteiger partial charge in [0.2, 0.25) is 0 Å². The summed E-state index contributed by atoms with van der Waals surface area (Å²) in [4.78, 5) is 0. The third-order valence-corrected chi connectivity index (χ3v) is 5.95. The fourth-order valence-corrected chi connectivity index (χ4v) is 4.31. The Kier molecular flexibility index (Phi) is 6.45. The molecule has 3 aromatic carbocycles. The van der Waals surface area contributed by atoms with E-state index in [1.54, 1.807) is 0 Å². The molecule has 32 heavy (non-hydrogen) atoms. The summed E-state index contributed by atoms with van der Waals surface area (Å²) in [6.45, 7) is 2.06. The van der Waals surface area contributed by atoms with Crippen LogP contribution >= 0.6 is 0 Å². The molecule has 166 valence electrons. The van der Waals surface area contributed by atoms with Gasteiger partial charge in [-0.3, -0.25) is 0 Å². The van der Waals surface area contributed by atoms with Crippen molar-refractivity contribution in [3.05, 3.63) is 93.8 Å². The van der Waals surface area contributed by atoms with Gasteiger partial charge in [-0.25, -0.2) is 22.0 Å². The fourth-order valence-electron chi connectivity index (χ4n) is 4.31. The minimum Gasteiger partial charge on any atom is -0.207 e. The van der Waals surface area contributed by atoms with E-state index in [1.165, 1.54) is 36.4 Å². The zero-order valence-corrected chi connectivity index (χ0v) is 17.8. The van der Waals surface area contributed by atoms with E-state index in [9.17, 15) is 17.6 Å². The Balaban J connectivity index is 1.71. The molecule has 0 aromatic heterocycles. The van der Waals surface area contributed by atoms with Gasteiger partial charge in [0.05, 0.1) is 5.56 Å². The van der Waals surface area contributed by atoms with Crippen molar-refractivity contribution in [1.82, 2.24) is 0 Å². The second-order valence-corrected chi connectivity index (χ2v) is 8.18. The minimum atomic E-state index is -0.808. The van der Waals surface area contributed by atoms with Gasteiger partial charge in [-0.1, -0.05) is 38.0 Å². The molecule has 0 N–H and O–H groups in total. The van der Waals surface area contributed by atoms with Crippen molar-refractivity contribution in [2.75, 3.05) is 0 Å². The van der Waals surface area contributed by atoms with Gasteiger partial charge in [-0.2, -0.15) is 0 Å². The van der Waals surface area contributed by atoms with Crippen LogP contribution in [0.4, 0.5) is 22.0 Å². The van der Waals surface area contributed by atoms with Gasteiger partial charge in [0.25, 0.3) is 0 Å². The molecule has 0 fully saturated rings. The van der Waals surface area contributed by atoms with Crippen LogP contribution in [0.5, 0.6) is 0 Å². The van der Waals surface area contributed by atoms with Gasteiger partial charge < -0.3 is 0 Å². The molecule has 0 saturated heterocycles. The lowest BCUT2D eigenvalue weighted by Gasteiger charge is -2.21. The van der Waals surface area contributed by atoms with Crippen LogP contribution in [0.25, 0.3) is 22.8 Å². The minimum absolute atomic E-state index is 0.140. The number of rotatable bonds is 6. The van der Waals surface area contributed by atoms with Crippen LogP contribution in [-0.4, -0.2) is 0 Å². The van der Waals surface area contributed by atoms with Gasteiger partial charge in [0.1, 0.15) is 29.1 Å². The average Bonchev–Trinajstić information content (AvgIpc) is 2.74. The smallest absolute Gasteiger partial charge is 0.137 e. The molecule has 1 aliphatic carbocycles. The highest BCUT2D eigenvalue weighted by molar-refractivity contribution is 5.86. The van der Waals surface area contributed by atoms with Gasteiger partial charge >= 0.3 is 0 Å². The van der Waals surface area contributed by atoms with Crippen LogP contribution < -0.4 is 0 Å². The number of halogens is 5. The number of hydrogen-bond donors (Lipinski definition) is 0. The highest BCUT2D eigenvalue weighted by Crippen LogP contribution is 2.38. The maximum atomic E-state index is 15.2. The molecule has 0 spiro atoms. The molecule has 0 amide bonds. The largest absolute Gasteiger partial charge is 0.207 e. The quantitative estimate of drug-likeness (QED) is 0.266. The van der Waals surface area contributed by atoms with Crippen LogP contribution in [0.3, 0.4) is 0 Å². The molecule has 0 unspecified atom stereocenters. The molecule has 3 aromatic rings. The van der Waals surface area contributed by atoms with Gasteiger partial charge in [-0.15, -0.1) is 0 Å². The van der Waals surface area contributed by atoms with E-state index in [0.717, 1.165) is 31.4 Å². The number of unbranched alkanes of at least 4 members (excludes halogenated alkanes) is 2. The summed E-state index contributed by atoms with van der Waals surface area (Å²) in [5.41, 5.74) is 1.39. The van der Waals surface area contributed by atoms with Crippen LogP contribution in [0.2, 0.25) is 0 Å². The van der Waals surface area contributed by atoms with Crippen molar-refractivity contribution in [1.29, 1.82) is 0 Å². The second kappa shape index (κ2) is 9.27. The van der Waals surface area contributed by atoms with E-state index in [0.29, 0.717) is 17.6 Å². The Hall–Kier alpha value is -2.95. The third-order valence-electron chi connectivity index (χ3n) is 5.95. The molecule has 0 heterocycles. The average molecular weight is 442 g/mol. The summed E-state index contributed by atoms with van der Waals surface area (Å²) in [5.74, 6) is -3.35. The predicted molar refractivity (Wildman–Crippen MR) is 118 cm³/mol. The lowest BCUT2D eigenvalue weighted by Crippen LogP contribution is -2.08. The number of hydrogen-bond acceptors (Lipinski definition) is 0. The summed E-state index contributed by atoms with van der Waals surface area (Å²) in [6.07, 6.45) is 5.33. The van der Waals surface area contributed by atoms with Crippen molar-refractivity contribution >= 4 is 11.6 Å². The molecule has 0 saturated carbocycles. The van der Waals surface area contributed by atoms with Gasteiger partial charge in [0.15, 0.2) is 0 Å². The maximum absolute atomic E-state index is 15.2. The molecule has 0 radical (unpaired) electrons. The number of aryl methyl sites for hydroxylation is 1. The lowest BCUT2D eigenvalue weighted by atomic mass is 9.85. The van der Waals surface area contributed by atoms with Crippen LogP contribution in [0.1, 0.15) is 54.9 Å². The van der Waals surface area contributed by atoms with Crippen molar-refractivity contribution < 1.29 is 22.0 Å². The molecule has 4 rings (SSSR count). The van der Waals surface area contributed by atoms with Gasteiger partial charge in [0, 0.05) is 5.56 Å². The highest BCUT2D eigenvalue weighted by Gasteiger charge is 2.25. The Morgan fingerprint density at radius 2 is 1.41 bits per heavy atom. The molecule has 1 aliphatic rings. The van der Waals surface area contributed by atoms with Crippen LogP contribution in [-0.2, 0) is 12.8 Å². The van der Waals surface area contributed by atoms with E-state index in [4.69, 9.17) is 0 Å². The zero-order valence-electron chi connectivity index (χ0n) is 17.8. The molecule has 0 nitrogen and oxygen atoms in total. The van der Waals surface area contributed by atoms with Gasteiger partial charge in [-0.05, 0) is 83.8 Å². The van der Waals surface area contributed by atoms with Crippen molar-refractivity contribution in [3.63, 3.8) is 0 Å². The summed E-state index contributed by atoms with van der Waals surface area (Å²) in [6, 6.07) is 8.80. The van der Waals surface area contributed by atoms with Crippen molar-refractivity contribution in [2.24, 2.45) is 0 Å². The topological polar surface area (TPSA) is 0 Å². The Morgan fingerprint density at radius 3 is 2.06 bits per heavy atom. The lowest BCUT2D eigenvalue weighted by molar-refractivity contribution is 0.568. The first-order valence-electron chi connectivity index (χ1n) is 10.8. The Bertz CT molecular complexity index is 1150. The summed E-state index contributed by atoms with van der Waals surface area (Å²) in [7, 11) is 0. The summed E-state index contributed by atoms with van der Waals surface area (Å²) in [5, 5.41) is 0. The molecular weight excluding hydrogens is 419 g/mol. The van der Waals surface area contributed by atoms with Crippen LogP contribution in [0.15, 0.2) is 42.5 Å². The van der Waals surface area contributed by atoms with E-state index in [2.05, 4.69) is 6.92 Å². The summed E-state index contributed by atoms with van der Waals surface area (Å²) < 4.78 is 72.8. The van der Waals surface area contributed by atoms with Crippen molar-refractivity contribution in [2.45, 2.75) is 45.4 Å². The molecule has 0 atom stereocenters. The fraction of sp³-hybridized carbons (Fsp3) is 0.259. The zero-order chi connectivity index (χ0) is 22.8. The number of allylic oxidation sites excluding steroid dienone is 1. The second-order valence-electron chi connectivity index (χ2n) is 8.18. The first kappa shape index (κ1) is 22.3. The Labute approximate surface area is 184 Å². The molecule has 0 aliphatic heterocycles. The third kappa shape index (κ3) is 4.34.